The lowest BCUT2D eigenvalue weighted by Gasteiger charge is -2.08. The Kier molecular flexibility index (Phi) is 5.74. The Morgan fingerprint density at radius 3 is 2.73 bits per heavy atom. The van der Waals surface area contributed by atoms with Crippen LogP contribution in [0.1, 0.15) is 31.1 Å². The Balaban J connectivity index is 2.33. The van der Waals surface area contributed by atoms with Crippen LogP contribution >= 0.6 is 22.9 Å². The molecule has 1 aromatic carbocycles. The number of rotatable bonds is 7. The molecule has 0 saturated carbocycles. The molecule has 0 saturated heterocycles. The van der Waals surface area contributed by atoms with E-state index in [1.54, 1.807) is 18.2 Å². The highest BCUT2D eigenvalue weighted by molar-refractivity contribution is 7.16. The second-order valence-corrected chi connectivity index (χ2v) is 6.28. The Morgan fingerprint density at radius 1 is 1.32 bits per heavy atom. The van der Waals surface area contributed by atoms with Gasteiger partial charge in [-0.2, -0.15) is 0 Å². The van der Waals surface area contributed by atoms with Gasteiger partial charge in [0.05, 0.1) is 18.8 Å². The quantitative estimate of drug-likeness (QED) is 0.712. The number of benzene rings is 1. The topological polar surface area (TPSA) is 61.3 Å². The average Bonchev–Trinajstić information content (AvgIpc) is 2.94. The second kappa shape index (κ2) is 7.56. The van der Waals surface area contributed by atoms with Crippen LogP contribution < -0.4 is 9.47 Å². The van der Waals surface area contributed by atoms with E-state index < -0.39 is 5.24 Å². The van der Waals surface area contributed by atoms with Gasteiger partial charge in [-0.25, -0.2) is 0 Å². The van der Waals surface area contributed by atoms with Gasteiger partial charge in [0.2, 0.25) is 0 Å². The van der Waals surface area contributed by atoms with Crippen molar-refractivity contribution in [1.82, 2.24) is 10.2 Å². The summed E-state index contributed by atoms with van der Waals surface area (Å²) in [6.45, 7) is 7.10. The van der Waals surface area contributed by atoms with Crippen molar-refractivity contribution in [3.05, 3.63) is 23.8 Å². The first-order valence-electron chi connectivity index (χ1n) is 6.94. The van der Waals surface area contributed by atoms with Crippen LogP contribution in [-0.4, -0.2) is 28.7 Å². The summed E-state index contributed by atoms with van der Waals surface area (Å²) in [6.07, 6.45) is 0. The van der Waals surface area contributed by atoms with E-state index >= 15 is 0 Å². The first-order chi connectivity index (χ1) is 10.5. The van der Waals surface area contributed by atoms with Crippen LogP contribution in [0.2, 0.25) is 0 Å². The number of nitrogens with zero attached hydrogens (tertiary/aromatic N) is 2. The fraction of sp³-hybridized carbons (Fsp3) is 0.400. The van der Waals surface area contributed by atoms with Crippen molar-refractivity contribution in [3.8, 4) is 21.5 Å². The number of hydrogen-bond acceptors (Lipinski definition) is 6. The third-order valence-corrected chi connectivity index (χ3v) is 3.77. The van der Waals surface area contributed by atoms with E-state index in [0.29, 0.717) is 46.2 Å². The van der Waals surface area contributed by atoms with Crippen molar-refractivity contribution in [3.63, 3.8) is 0 Å². The molecule has 118 valence electrons. The van der Waals surface area contributed by atoms with Crippen molar-refractivity contribution < 1.29 is 14.3 Å². The maximum Gasteiger partial charge on any atom is 0.294 e. The predicted molar refractivity (Wildman–Crippen MR) is 87.0 cm³/mol. The van der Waals surface area contributed by atoms with Gasteiger partial charge in [-0.3, -0.25) is 4.79 Å². The molecule has 0 aliphatic rings. The summed E-state index contributed by atoms with van der Waals surface area (Å²) >= 11 is 6.85. The molecule has 0 radical (unpaired) electrons. The molecule has 2 rings (SSSR count). The monoisotopic (exact) mass is 340 g/mol. The van der Waals surface area contributed by atoms with Crippen molar-refractivity contribution >= 4 is 28.2 Å². The third kappa shape index (κ3) is 4.18. The summed E-state index contributed by atoms with van der Waals surface area (Å²) in [5.41, 5.74) is 1.07. The molecule has 0 aliphatic carbocycles. The highest BCUT2D eigenvalue weighted by atomic mass is 35.5. The minimum atomic E-state index is -0.523. The molecule has 1 aromatic heterocycles. The molecule has 0 spiro atoms. The van der Waals surface area contributed by atoms with Gasteiger partial charge in [-0.05, 0) is 42.6 Å². The zero-order chi connectivity index (χ0) is 16.1. The van der Waals surface area contributed by atoms with Crippen LogP contribution in [0.4, 0.5) is 0 Å². The number of hydrogen-bond donors (Lipinski definition) is 0. The summed E-state index contributed by atoms with van der Waals surface area (Å²) in [7, 11) is 0. The van der Waals surface area contributed by atoms with E-state index in [1.165, 1.54) is 11.3 Å². The summed E-state index contributed by atoms with van der Waals surface area (Å²) in [4.78, 5) is 11.3. The van der Waals surface area contributed by atoms with Crippen molar-refractivity contribution in [2.45, 2.75) is 20.8 Å². The SMILES string of the molecule is CCOc1ccc(C(=O)Cl)cc1-c1nnc(OCC(C)C)s1. The predicted octanol–water partition coefficient (Wildman–Crippen LogP) is 4.02. The molecular weight excluding hydrogens is 324 g/mol. The van der Waals surface area contributed by atoms with E-state index in [2.05, 4.69) is 24.0 Å². The lowest BCUT2D eigenvalue weighted by Crippen LogP contribution is -2.03. The van der Waals surface area contributed by atoms with E-state index in [0.717, 1.165) is 0 Å². The second-order valence-electron chi connectivity index (χ2n) is 5.00. The molecule has 1 heterocycles. The molecule has 0 unspecified atom stereocenters. The van der Waals surface area contributed by atoms with Gasteiger partial charge < -0.3 is 9.47 Å². The molecule has 2 aromatic rings. The highest BCUT2D eigenvalue weighted by Gasteiger charge is 2.15. The zero-order valence-corrected chi connectivity index (χ0v) is 14.2. The molecule has 0 bridgehead atoms. The van der Waals surface area contributed by atoms with E-state index in [4.69, 9.17) is 21.1 Å². The van der Waals surface area contributed by atoms with Gasteiger partial charge >= 0.3 is 0 Å². The molecule has 22 heavy (non-hydrogen) atoms. The van der Waals surface area contributed by atoms with E-state index in [1.807, 2.05) is 6.92 Å². The standard InChI is InChI=1S/C15H17ClN2O3S/c1-4-20-12-6-5-10(13(16)19)7-11(12)14-17-18-15(22-14)21-8-9(2)3/h5-7,9H,4,8H2,1-3H3. The molecular formula is C15H17ClN2O3S. The molecule has 0 N–H and O–H groups in total. The lowest BCUT2D eigenvalue weighted by molar-refractivity contribution is 0.108. The van der Waals surface area contributed by atoms with Gasteiger partial charge in [-0.15, -0.1) is 5.10 Å². The maximum absolute atomic E-state index is 11.3. The fourth-order valence-electron chi connectivity index (χ4n) is 1.72. The summed E-state index contributed by atoms with van der Waals surface area (Å²) < 4.78 is 11.1. The van der Waals surface area contributed by atoms with Gasteiger partial charge in [0.15, 0.2) is 5.01 Å². The third-order valence-electron chi connectivity index (χ3n) is 2.68. The first kappa shape index (κ1) is 16.7. The summed E-state index contributed by atoms with van der Waals surface area (Å²) in [6, 6.07) is 5.00. The summed E-state index contributed by atoms with van der Waals surface area (Å²) in [5.74, 6) is 1.04. The maximum atomic E-state index is 11.3. The lowest BCUT2D eigenvalue weighted by atomic mass is 10.1. The Bertz CT molecular complexity index is 658. The average molecular weight is 341 g/mol. The van der Waals surface area contributed by atoms with Crippen LogP contribution in [0.25, 0.3) is 10.6 Å². The van der Waals surface area contributed by atoms with Crippen molar-refractivity contribution in [2.24, 2.45) is 5.92 Å². The van der Waals surface area contributed by atoms with Gasteiger partial charge in [0, 0.05) is 5.56 Å². The van der Waals surface area contributed by atoms with Crippen LogP contribution in [0.3, 0.4) is 0 Å². The molecule has 0 fully saturated rings. The number of ether oxygens (including phenoxy) is 2. The van der Waals surface area contributed by atoms with Crippen LogP contribution in [0.15, 0.2) is 18.2 Å². The van der Waals surface area contributed by atoms with Crippen molar-refractivity contribution in [1.29, 1.82) is 0 Å². The fourth-order valence-corrected chi connectivity index (χ4v) is 2.56. The Hall–Kier alpha value is -1.66. The minimum Gasteiger partial charge on any atom is -0.493 e. The van der Waals surface area contributed by atoms with Gasteiger partial charge in [-0.1, -0.05) is 30.3 Å². The number of carbonyl (C=O) groups is 1. The number of aromatic nitrogens is 2. The zero-order valence-electron chi connectivity index (χ0n) is 12.6. The van der Waals surface area contributed by atoms with Crippen LogP contribution in [-0.2, 0) is 0 Å². The van der Waals surface area contributed by atoms with Gasteiger partial charge in [0.1, 0.15) is 5.75 Å². The highest BCUT2D eigenvalue weighted by Crippen LogP contribution is 2.35. The number of carbonyl (C=O) groups excluding carboxylic acids is 1. The largest absolute Gasteiger partial charge is 0.493 e. The molecule has 0 atom stereocenters. The summed E-state index contributed by atoms with van der Waals surface area (Å²) in [5, 5.41) is 8.73. The van der Waals surface area contributed by atoms with E-state index in [-0.39, 0.29) is 0 Å². The molecule has 7 heteroatoms. The molecule has 0 amide bonds. The van der Waals surface area contributed by atoms with E-state index in [9.17, 15) is 4.79 Å². The van der Waals surface area contributed by atoms with Crippen LogP contribution in [0.5, 0.6) is 10.9 Å². The molecule has 0 aliphatic heterocycles. The smallest absolute Gasteiger partial charge is 0.294 e. The normalized spacial score (nSPS) is 10.8. The van der Waals surface area contributed by atoms with Crippen molar-refractivity contribution in [2.75, 3.05) is 13.2 Å². The Morgan fingerprint density at radius 2 is 2.09 bits per heavy atom. The minimum absolute atomic E-state index is 0.389. The molecule has 5 nitrogen and oxygen atoms in total. The number of halogens is 1. The van der Waals surface area contributed by atoms with Crippen LogP contribution in [0, 0.1) is 5.92 Å². The van der Waals surface area contributed by atoms with Gasteiger partial charge in [0.25, 0.3) is 10.4 Å². The first-order valence-corrected chi connectivity index (χ1v) is 8.14. The Labute approximate surface area is 138 Å².